The zero-order valence-corrected chi connectivity index (χ0v) is 41.7. The molecule has 62 heavy (non-hydrogen) atoms. The number of hydrogen-bond acceptors (Lipinski definition) is 6. The van der Waals surface area contributed by atoms with E-state index >= 15 is 0 Å². The van der Waals surface area contributed by atoms with Crippen LogP contribution in [0.3, 0.4) is 0 Å². The molecule has 0 amide bonds. The van der Waals surface area contributed by atoms with Crippen LogP contribution in [0.4, 0.5) is 0 Å². The van der Waals surface area contributed by atoms with E-state index in [1.807, 2.05) is 0 Å². The molecule has 0 saturated heterocycles. The van der Waals surface area contributed by atoms with E-state index in [1.165, 1.54) is 123 Å². The Labute approximate surface area is 385 Å². The van der Waals surface area contributed by atoms with Gasteiger partial charge in [-0.3, -0.25) is 14.4 Å². The van der Waals surface area contributed by atoms with Crippen LogP contribution in [0.5, 0.6) is 0 Å². The molecule has 0 aromatic carbocycles. The van der Waals surface area contributed by atoms with Crippen LogP contribution in [0.1, 0.15) is 278 Å². The second kappa shape index (κ2) is 48.1. The molecule has 0 radical (unpaired) electrons. The monoisotopic (exact) mass is 871 g/mol. The number of methoxy groups -OCH3 is 1. The largest absolute Gasteiger partial charge is 0.469 e. The van der Waals surface area contributed by atoms with Crippen molar-refractivity contribution in [3.8, 4) is 0 Å². The van der Waals surface area contributed by atoms with Crippen molar-refractivity contribution < 1.29 is 28.6 Å². The van der Waals surface area contributed by atoms with Crippen molar-refractivity contribution in [2.45, 2.75) is 290 Å². The van der Waals surface area contributed by atoms with Crippen molar-refractivity contribution in [2.75, 3.05) is 7.11 Å². The zero-order valence-electron chi connectivity index (χ0n) is 41.7. The highest BCUT2D eigenvalue weighted by atomic mass is 16.5. The minimum absolute atomic E-state index is 0.000322. The minimum Gasteiger partial charge on any atom is -0.469 e. The quantitative estimate of drug-likeness (QED) is 0.0262. The predicted molar refractivity (Wildman–Crippen MR) is 265 cm³/mol. The van der Waals surface area contributed by atoms with Crippen molar-refractivity contribution in [1.82, 2.24) is 0 Å². The summed E-state index contributed by atoms with van der Waals surface area (Å²) in [6.07, 6.45) is 56.4. The predicted octanol–water partition coefficient (Wildman–Crippen LogP) is 17.6. The molecule has 0 N–H and O–H groups in total. The number of allylic oxidation sites excluding steroid dienone is 4. The topological polar surface area (TPSA) is 78.9 Å². The molecule has 0 aliphatic heterocycles. The van der Waals surface area contributed by atoms with Crippen molar-refractivity contribution in [3.63, 3.8) is 0 Å². The molecule has 6 heteroatoms. The average Bonchev–Trinajstić information content (AvgIpc) is 3.26. The van der Waals surface area contributed by atoms with Crippen LogP contribution >= 0.6 is 0 Å². The van der Waals surface area contributed by atoms with Crippen molar-refractivity contribution in [3.05, 3.63) is 36.5 Å². The Kier molecular flexibility index (Phi) is 46.3. The third-order valence-electron chi connectivity index (χ3n) is 12.2. The minimum atomic E-state index is -0.114. The second-order valence-corrected chi connectivity index (χ2v) is 18.5. The number of carbonyl (C=O) groups is 3. The highest BCUT2D eigenvalue weighted by Gasteiger charge is 2.14. The molecule has 0 heterocycles. The smallest absolute Gasteiger partial charge is 0.306 e. The molecule has 0 rings (SSSR count). The fourth-order valence-electron chi connectivity index (χ4n) is 8.04. The summed E-state index contributed by atoms with van der Waals surface area (Å²) in [5, 5.41) is 0. The van der Waals surface area contributed by atoms with Gasteiger partial charge in [0.2, 0.25) is 0 Å². The van der Waals surface area contributed by atoms with E-state index in [4.69, 9.17) is 14.2 Å². The summed E-state index contributed by atoms with van der Waals surface area (Å²) in [5.74, 6) is 0.637. The lowest BCUT2D eigenvalue weighted by Gasteiger charge is -2.17. The Balaban J connectivity index is 4.25. The van der Waals surface area contributed by atoms with Crippen LogP contribution in [0.25, 0.3) is 0 Å². The number of unbranched alkanes of at least 4 members (excludes halogenated alkanes) is 24. The number of esters is 3. The summed E-state index contributed by atoms with van der Waals surface area (Å²) in [6, 6.07) is 0. The van der Waals surface area contributed by atoms with Gasteiger partial charge in [-0.25, -0.2) is 0 Å². The standard InChI is InChI=1S/C56H102O6/c1-6-9-12-33-42-51(4)43-34-27-21-15-18-25-31-40-49-55(58)61-53(45-36-14-11-8-3)47-38-29-23-17-20-26-32-41-50-56(59)62-52(44-35-13-10-7-2)46-37-28-22-16-19-24-30-39-48-54(57)60-5/h27-29,34,37-38,51-53H,6-26,30-33,35-36,39-50H2,1-5H3/b34-27+,37-28+,38-29+/t51-,52?,53?/m0/s1. The maximum absolute atomic E-state index is 12.7. The lowest BCUT2D eigenvalue weighted by molar-refractivity contribution is -0.150. The van der Waals surface area contributed by atoms with Crippen LogP contribution < -0.4 is 0 Å². The Morgan fingerprint density at radius 3 is 1.08 bits per heavy atom. The van der Waals surface area contributed by atoms with Gasteiger partial charge in [0, 0.05) is 32.1 Å². The molecule has 0 fully saturated rings. The van der Waals surface area contributed by atoms with E-state index in [-0.39, 0.29) is 30.1 Å². The first-order chi connectivity index (χ1) is 30.4. The van der Waals surface area contributed by atoms with Gasteiger partial charge in [0.25, 0.3) is 0 Å². The zero-order chi connectivity index (χ0) is 45.4. The van der Waals surface area contributed by atoms with E-state index < -0.39 is 0 Å². The summed E-state index contributed by atoms with van der Waals surface area (Å²) in [6.45, 7) is 9.13. The van der Waals surface area contributed by atoms with Crippen molar-refractivity contribution >= 4 is 17.9 Å². The van der Waals surface area contributed by atoms with Crippen LogP contribution in [0.2, 0.25) is 0 Å². The first-order valence-corrected chi connectivity index (χ1v) is 26.8. The summed E-state index contributed by atoms with van der Waals surface area (Å²) in [4.78, 5) is 36.7. The molecule has 6 nitrogen and oxygen atoms in total. The lowest BCUT2D eigenvalue weighted by Crippen LogP contribution is -2.17. The van der Waals surface area contributed by atoms with Crippen LogP contribution in [-0.2, 0) is 28.6 Å². The lowest BCUT2D eigenvalue weighted by atomic mass is 9.99. The molecule has 0 spiro atoms. The van der Waals surface area contributed by atoms with Gasteiger partial charge < -0.3 is 14.2 Å². The molecular formula is C56H102O6. The van der Waals surface area contributed by atoms with Crippen LogP contribution in [0.15, 0.2) is 36.5 Å². The third kappa shape index (κ3) is 44.2. The van der Waals surface area contributed by atoms with Gasteiger partial charge in [-0.1, -0.05) is 193 Å². The Morgan fingerprint density at radius 2 is 0.694 bits per heavy atom. The second-order valence-electron chi connectivity index (χ2n) is 18.5. The van der Waals surface area contributed by atoms with E-state index in [1.54, 1.807) is 0 Å². The Hall–Kier alpha value is -2.37. The summed E-state index contributed by atoms with van der Waals surface area (Å²) >= 11 is 0. The molecule has 2 unspecified atom stereocenters. The highest BCUT2D eigenvalue weighted by molar-refractivity contribution is 5.70. The highest BCUT2D eigenvalue weighted by Crippen LogP contribution is 2.19. The summed E-state index contributed by atoms with van der Waals surface area (Å²) in [5.41, 5.74) is 0. The van der Waals surface area contributed by atoms with Crippen LogP contribution in [0, 0.1) is 5.92 Å². The van der Waals surface area contributed by atoms with Gasteiger partial charge in [0.15, 0.2) is 0 Å². The molecule has 0 saturated carbocycles. The molecule has 0 aromatic heterocycles. The third-order valence-corrected chi connectivity index (χ3v) is 12.2. The molecule has 0 aliphatic rings. The normalized spacial score (nSPS) is 13.3. The fourth-order valence-corrected chi connectivity index (χ4v) is 8.04. The maximum Gasteiger partial charge on any atom is 0.306 e. The first kappa shape index (κ1) is 59.6. The maximum atomic E-state index is 12.7. The summed E-state index contributed by atoms with van der Waals surface area (Å²) in [7, 11) is 1.45. The molecule has 0 aromatic rings. The number of rotatable bonds is 47. The summed E-state index contributed by atoms with van der Waals surface area (Å²) < 4.78 is 16.7. The van der Waals surface area contributed by atoms with Gasteiger partial charge in [0.1, 0.15) is 12.2 Å². The van der Waals surface area contributed by atoms with Gasteiger partial charge in [0.05, 0.1) is 7.11 Å². The van der Waals surface area contributed by atoms with E-state index in [2.05, 4.69) is 64.2 Å². The van der Waals surface area contributed by atoms with E-state index in [0.29, 0.717) is 19.3 Å². The van der Waals surface area contributed by atoms with Gasteiger partial charge in [-0.2, -0.15) is 0 Å². The molecule has 3 atom stereocenters. The first-order valence-electron chi connectivity index (χ1n) is 26.8. The molecular weight excluding hydrogens is 769 g/mol. The van der Waals surface area contributed by atoms with Gasteiger partial charge >= 0.3 is 17.9 Å². The number of carbonyl (C=O) groups excluding carboxylic acids is 3. The Bertz CT molecular complexity index is 1080. The number of ether oxygens (including phenoxy) is 3. The Morgan fingerprint density at radius 1 is 0.371 bits per heavy atom. The van der Waals surface area contributed by atoms with Crippen LogP contribution in [-0.4, -0.2) is 37.2 Å². The van der Waals surface area contributed by atoms with E-state index in [9.17, 15) is 14.4 Å². The fraction of sp³-hybridized carbons (Fsp3) is 0.839. The molecule has 0 aliphatic carbocycles. The molecule has 0 bridgehead atoms. The molecule has 362 valence electrons. The average molecular weight is 871 g/mol. The van der Waals surface area contributed by atoms with Crippen molar-refractivity contribution in [2.24, 2.45) is 5.92 Å². The van der Waals surface area contributed by atoms with Gasteiger partial charge in [-0.05, 0) is 95.8 Å². The van der Waals surface area contributed by atoms with Gasteiger partial charge in [-0.15, -0.1) is 0 Å². The number of hydrogen-bond donors (Lipinski definition) is 0. The SMILES string of the molecule is CCCCCCC(C/C=C/CCCCCCCC(=O)OC)OC(=O)CCCCCCC/C=C/CC(CCCCCC)OC(=O)CCCCCCC/C=C/C[C@@H](C)CCCCCC. The van der Waals surface area contributed by atoms with Crippen molar-refractivity contribution in [1.29, 1.82) is 0 Å². The van der Waals surface area contributed by atoms with E-state index in [0.717, 1.165) is 121 Å².